The largest absolute Gasteiger partial charge is 0.336 e. The van der Waals surface area contributed by atoms with Crippen molar-refractivity contribution in [3.05, 3.63) is 70.1 Å². The molecule has 0 N–H and O–H groups in total. The second kappa shape index (κ2) is 7.85. The second-order valence-electron chi connectivity index (χ2n) is 7.95. The van der Waals surface area contributed by atoms with Crippen LogP contribution in [0, 0.1) is 0 Å². The topological polar surface area (TPSA) is 62.6 Å². The summed E-state index contributed by atoms with van der Waals surface area (Å²) in [4.78, 5) is 42.6. The van der Waals surface area contributed by atoms with Crippen LogP contribution in [0.25, 0.3) is 0 Å². The molecule has 29 heavy (non-hydrogen) atoms. The van der Waals surface area contributed by atoms with Gasteiger partial charge in [0.1, 0.15) is 5.54 Å². The number of nitrogens with zero attached hydrogens (tertiary/aromatic N) is 3. The third kappa shape index (κ3) is 3.48. The Morgan fingerprint density at radius 2 is 1.76 bits per heavy atom. The first-order valence-electron chi connectivity index (χ1n) is 10.4. The normalized spacial score (nSPS) is 21.8. The van der Waals surface area contributed by atoms with Crippen LogP contribution in [-0.4, -0.2) is 44.8 Å². The lowest BCUT2D eigenvalue weighted by Crippen LogP contribution is -2.61. The van der Waals surface area contributed by atoms with Crippen molar-refractivity contribution in [3.63, 3.8) is 0 Å². The molecule has 2 amide bonds. The lowest BCUT2D eigenvalue weighted by Gasteiger charge is -2.44. The molecule has 4 rings (SSSR count). The van der Waals surface area contributed by atoms with Gasteiger partial charge < -0.3 is 14.4 Å². The van der Waals surface area contributed by atoms with Gasteiger partial charge in [-0.2, -0.15) is 0 Å². The average Bonchev–Trinajstić information content (AvgIpc) is 3.16. The molecular weight excluding hydrogens is 366 g/mol. The maximum atomic E-state index is 13.5. The molecule has 152 valence electrons. The number of amides is 2. The van der Waals surface area contributed by atoms with Gasteiger partial charge in [0.15, 0.2) is 0 Å². The fourth-order valence-electron chi connectivity index (χ4n) is 4.73. The van der Waals surface area contributed by atoms with Gasteiger partial charge >= 0.3 is 0 Å². The van der Waals surface area contributed by atoms with Crippen molar-refractivity contribution >= 4 is 11.8 Å². The summed E-state index contributed by atoms with van der Waals surface area (Å²) >= 11 is 0. The van der Waals surface area contributed by atoms with Crippen molar-refractivity contribution in [1.29, 1.82) is 0 Å². The lowest BCUT2D eigenvalue weighted by molar-refractivity contribution is -0.146. The summed E-state index contributed by atoms with van der Waals surface area (Å²) in [5.74, 6) is -0.168. The van der Waals surface area contributed by atoms with Gasteiger partial charge in [-0.25, -0.2) is 0 Å². The number of benzene rings is 1. The number of carbonyl (C=O) groups excluding carboxylic acids is 2. The molecule has 0 bridgehead atoms. The Morgan fingerprint density at radius 1 is 1.03 bits per heavy atom. The number of aryl methyl sites for hydroxylation is 1. The number of hydrogen-bond acceptors (Lipinski definition) is 3. The van der Waals surface area contributed by atoms with Crippen LogP contribution in [0.2, 0.25) is 0 Å². The first kappa shape index (κ1) is 19.4. The molecule has 1 aromatic carbocycles. The van der Waals surface area contributed by atoms with Gasteiger partial charge in [-0.15, -0.1) is 0 Å². The number of aromatic nitrogens is 1. The Kier molecular flexibility index (Phi) is 5.26. The number of rotatable bonds is 4. The van der Waals surface area contributed by atoms with Crippen molar-refractivity contribution in [2.45, 2.75) is 51.2 Å². The van der Waals surface area contributed by atoms with Crippen LogP contribution in [0.15, 0.2) is 53.5 Å². The predicted octanol–water partition coefficient (Wildman–Crippen LogP) is 2.67. The number of carbonyl (C=O) groups is 2. The van der Waals surface area contributed by atoms with E-state index in [1.54, 1.807) is 21.7 Å². The van der Waals surface area contributed by atoms with Crippen molar-refractivity contribution < 1.29 is 9.59 Å². The Labute approximate surface area is 170 Å². The Morgan fingerprint density at radius 3 is 2.45 bits per heavy atom. The fourth-order valence-corrected chi connectivity index (χ4v) is 4.73. The molecule has 1 atom stereocenters. The van der Waals surface area contributed by atoms with E-state index in [4.69, 9.17) is 0 Å². The van der Waals surface area contributed by atoms with Gasteiger partial charge in [0.2, 0.25) is 5.91 Å². The summed E-state index contributed by atoms with van der Waals surface area (Å²) < 4.78 is 1.56. The highest BCUT2D eigenvalue weighted by atomic mass is 16.2. The minimum atomic E-state index is -0.774. The second-order valence-corrected chi connectivity index (χ2v) is 7.95. The first-order chi connectivity index (χ1) is 14.0. The minimum absolute atomic E-state index is 0.0420. The summed E-state index contributed by atoms with van der Waals surface area (Å²) in [6.07, 6.45) is 4.72. The molecular formula is C23H27N3O3. The van der Waals surface area contributed by atoms with Gasteiger partial charge in [0.05, 0.1) is 0 Å². The van der Waals surface area contributed by atoms with Crippen LogP contribution in [0.4, 0.5) is 0 Å². The monoisotopic (exact) mass is 393 g/mol. The molecule has 2 aromatic rings. The van der Waals surface area contributed by atoms with Crippen molar-refractivity contribution in [1.82, 2.24) is 14.4 Å². The average molecular weight is 393 g/mol. The van der Waals surface area contributed by atoms with E-state index in [0.717, 1.165) is 18.4 Å². The molecule has 3 heterocycles. The van der Waals surface area contributed by atoms with E-state index in [0.29, 0.717) is 44.6 Å². The summed E-state index contributed by atoms with van der Waals surface area (Å²) in [6.45, 7) is 4.29. The number of pyridine rings is 1. The molecule has 0 radical (unpaired) electrons. The van der Waals surface area contributed by atoms with E-state index < -0.39 is 5.54 Å². The van der Waals surface area contributed by atoms with Crippen molar-refractivity contribution in [3.8, 4) is 0 Å². The Balaban J connectivity index is 1.60. The molecule has 1 unspecified atom stereocenters. The zero-order valence-corrected chi connectivity index (χ0v) is 16.8. The molecule has 0 saturated carbocycles. The lowest BCUT2D eigenvalue weighted by atomic mass is 9.84. The quantitative estimate of drug-likeness (QED) is 0.802. The maximum Gasteiger partial charge on any atom is 0.255 e. The number of likely N-dealkylation sites (tertiary alicyclic amines) is 2. The molecule has 1 spiro atoms. The van der Waals surface area contributed by atoms with Crippen LogP contribution in [0.1, 0.15) is 48.5 Å². The highest BCUT2D eigenvalue weighted by molar-refractivity contribution is 6.00. The summed E-state index contributed by atoms with van der Waals surface area (Å²) in [5, 5.41) is 0. The van der Waals surface area contributed by atoms with Gasteiger partial charge in [-0.1, -0.05) is 30.3 Å². The van der Waals surface area contributed by atoms with Crippen LogP contribution >= 0.6 is 0 Å². The van der Waals surface area contributed by atoms with Gasteiger partial charge in [-0.05, 0) is 44.2 Å². The maximum absolute atomic E-state index is 13.5. The van der Waals surface area contributed by atoms with Crippen molar-refractivity contribution in [2.75, 3.05) is 13.1 Å². The van der Waals surface area contributed by atoms with Crippen LogP contribution in [-0.2, 0) is 17.9 Å². The third-order valence-corrected chi connectivity index (χ3v) is 6.24. The SMILES string of the molecule is CCn1ccc(C(=O)N2CCCC23CCCN(Cc2ccccc2)C3=O)cc1=O. The van der Waals surface area contributed by atoms with E-state index in [1.807, 2.05) is 42.2 Å². The number of hydrogen-bond donors (Lipinski definition) is 0. The smallest absolute Gasteiger partial charge is 0.255 e. The summed E-state index contributed by atoms with van der Waals surface area (Å²) in [5.41, 5.74) is 0.502. The molecule has 6 nitrogen and oxygen atoms in total. The van der Waals surface area contributed by atoms with E-state index in [2.05, 4.69) is 0 Å². The predicted molar refractivity (Wildman–Crippen MR) is 110 cm³/mol. The zero-order valence-electron chi connectivity index (χ0n) is 16.8. The highest BCUT2D eigenvalue weighted by Crippen LogP contribution is 2.39. The van der Waals surface area contributed by atoms with E-state index in [1.165, 1.54) is 6.07 Å². The zero-order chi connectivity index (χ0) is 20.4. The fraction of sp³-hybridized carbons (Fsp3) is 0.435. The van der Waals surface area contributed by atoms with Crippen molar-refractivity contribution in [2.24, 2.45) is 0 Å². The molecule has 2 saturated heterocycles. The Hall–Kier alpha value is -2.89. The molecule has 2 aliphatic rings. The number of piperidine rings is 1. The van der Waals surface area contributed by atoms with E-state index >= 15 is 0 Å². The molecule has 2 fully saturated rings. The van der Waals surface area contributed by atoms with Gasteiger partial charge in [0.25, 0.3) is 11.5 Å². The van der Waals surface area contributed by atoms with Gasteiger partial charge in [-0.3, -0.25) is 14.4 Å². The van der Waals surface area contributed by atoms with E-state index in [-0.39, 0.29) is 17.4 Å². The minimum Gasteiger partial charge on any atom is -0.336 e. The summed E-state index contributed by atoms with van der Waals surface area (Å²) in [7, 11) is 0. The Bertz CT molecular complexity index is 969. The molecule has 2 aliphatic heterocycles. The van der Waals surface area contributed by atoms with Crippen LogP contribution in [0.5, 0.6) is 0 Å². The van der Waals surface area contributed by atoms with E-state index in [9.17, 15) is 14.4 Å². The van der Waals surface area contributed by atoms with Crippen LogP contribution in [0.3, 0.4) is 0 Å². The standard InChI is InChI=1S/C23H27N3O3/c1-2-24-15-10-19(16-20(24)27)21(28)26-14-7-12-23(26)11-6-13-25(22(23)29)17-18-8-4-3-5-9-18/h3-5,8-10,15-16H,2,6-7,11-14,17H2,1H3. The molecule has 1 aromatic heterocycles. The highest BCUT2D eigenvalue weighted by Gasteiger charge is 2.52. The first-order valence-corrected chi connectivity index (χ1v) is 10.4. The van der Waals surface area contributed by atoms with Gasteiger partial charge in [0, 0.05) is 44.0 Å². The third-order valence-electron chi connectivity index (χ3n) is 6.24. The van der Waals surface area contributed by atoms with Crippen LogP contribution < -0.4 is 5.56 Å². The summed E-state index contributed by atoms with van der Waals surface area (Å²) in [6, 6.07) is 13.0. The molecule has 0 aliphatic carbocycles. The molecule has 6 heteroatoms.